The first-order valence-corrected chi connectivity index (χ1v) is 6.00. The van der Waals surface area contributed by atoms with Gasteiger partial charge in [0.05, 0.1) is 0 Å². The van der Waals surface area contributed by atoms with Crippen molar-refractivity contribution >= 4 is 0 Å². The largest absolute Gasteiger partial charge is 0.573 e. The molecule has 1 saturated carbocycles. The maximum absolute atomic E-state index is 12.0. The molecule has 1 aliphatic carbocycles. The lowest BCUT2D eigenvalue weighted by Gasteiger charge is -2.33. The number of rotatable bonds is 4. The highest BCUT2D eigenvalue weighted by molar-refractivity contribution is 5.27. The molecule has 5 heteroatoms. The van der Waals surface area contributed by atoms with Gasteiger partial charge in [0.25, 0.3) is 0 Å². The normalized spacial score (nSPS) is 23.6. The third-order valence-electron chi connectivity index (χ3n) is 3.13. The van der Waals surface area contributed by atoms with Crippen molar-refractivity contribution in [2.75, 3.05) is 0 Å². The summed E-state index contributed by atoms with van der Waals surface area (Å²) >= 11 is 0. The Hall–Kier alpha value is -1.23. The van der Waals surface area contributed by atoms with Crippen molar-refractivity contribution in [2.45, 2.75) is 38.7 Å². The number of benzene rings is 1. The maximum Gasteiger partial charge on any atom is 0.573 e. The van der Waals surface area contributed by atoms with Gasteiger partial charge in [-0.25, -0.2) is 0 Å². The van der Waals surface area contributed by atoms with Gasteiger partial charge in [-0.05, 0) is 36.5 Å². The van der Waals surface area contributed by atoms with Gasteiger partial charge in [0.15, 0.2) is 0 Å². The third-order valence-corrected chi connectivity index (χ3v) is 3.13. The minimum absolute atomic E-state index is 0.177. The van der Waals surface area contributed by atoms with Crippen LogP contribution in [0.3, 0.4) is 0 Å². The van der Waals surface area contributed by atoms with Gasteiger partial charge >= 0.3 is 6.36 Å². The summed E-state index contributed by atoms with van der Waals surface area (Å²) in [7, 11) is 0. The van der Waals surface area contributed by atoms with Crippen molar-refractivity contribution in [3.63, 3.8) is 0 Å². The Labute approximate surface area is 104 Å². The number of alkyl halides is 3. The molecule has 0 aliphatic heterocycles. The number of ether oxygens (including phenoxy) is 1. The van der Waals surface area contributed by atoms with Crippen molar-refractivity contribution < 1.29 is 17.9 Å². The molecule has 0 heterocycles. The molecule has 0 atom stereocenters. The molecule has 100 valence electrons. The lowest BCUT2D eigenvalue weighted by molar-refractivity contribution is -0.274. The number of hydrogen-bond acceptors (Lipinski definition) is 2. The van der Waals surface area contributed by atoms with Crippen LogP contribution >= 0.6 is 0 Å². The lowest BCUT2D eigenvalue weighted by Crippen LogP contribution is -2.39. The van der Waals surface area contributed by atoms with Gasteiger partial charge in [-0.1, -0.05) is 19.1 Å². The molecule has 0 amide bonds. The van der Waals surface area contributed by atoms with E-state index in [1.165, 1.54) is 25.0 Å². The second-order valence-electron chi connectivity index (χ2n) is 4.85. The molecule has 0 radical (unpaired) electrons. The zero-order chi connectivity index (χ0) is 13.2. The predicted octanol–water partition coefficient (Wildman–Crippen LogP) is 3.47. The van der Waals surface area contributed by atoms with Crippen molar-refractivity contribution in [1.29, 1.82) is 0 Å². The number of halogens is 3. The van der Waals surface area contributed by atoms with E-state index in [2.05, 4.69) is 17.0 Å². The lowest BCUT2D eigenvalue weighted by atomic mass is 9.82. The molecule has 0 spiro atoms. The van der Waals surface area contributed by atoms with Crippen LogP contribution in [0.4, 0.5) is 13.2 Å². The van der Waals surface area contributed by atoms with Crippen molar-refractivity contribution in [1.82, 2.24) is 5.32 Å². The van der Waals surface area contributed by atoms with Crippen molar-refractivity contribution in [3.05, 3.63) is 29.8 Å². The van der Waals surface area contributed by atoms with Gasteiger partial charge in [0.1, 0.15) is 5.75 Å². The van der Waals surface area contributed by atoms with Gasteiger partial charge in [-0.3, -0.25) is 0 Å². The highest BCUT2D eigenvalue weighted by Crippen LogP contribution is 2.27. The summed E-state index contributed by atoms with van der Waals surface area (Å²) < 4.78 is 39.7. The monoisotopic (exact) mass is 259 g/mol. The van der Waals surface area contributed by atoms with E-state index in [1.54, 1.807) is 12.1 Å². The molecule has 2 nitrogen and oxygen atoms in total. The Bertz CT molecular complexity index is 382. The fourth-order valence-corrected chi connectivity index (χ4v) is 2.14. The molecule has 2 rings (SSSR count). The average molecular weight is 259 g/mol. The van der Waals surface area contributed by atoms with Crippen LogP contribution in [0, 0.1) is 5.92 Å². The van der Waals surface area contributed by atoms with E-state index in [1.807, 2.05) is 0 Å². The first kappa shape index (κ1) is 13.2. The average Bonchev–Trinajstić information content (AvgIpc) is 2.23. The number of hydrogen-bond donors (Lipinski definition) is 1. The summed E-state index contributed by atoms with van der Waals surface area (Å²) in [6, 6.07) is 6.53. The molecule has 0 aromatic heterocycles. The molecule has 1 aromatic carbocycles. The molecule has 0 saturated heterocycles. The van der Waals surface area contributed by atoms with Crippen LogP contribution in [0.25, 0.3) is 0 Å². The molecule has 0 unspecified atom stereocenters. The van der Waals surface area contributed by atoms with Crippen LogP contribution in [0.2, 0.25) is 0 Å². The SMILES string of the molecule is CC1CC(NCc2ccc(OC(F)(F)F)cc2)C1. The fourth-order valence-electron chi connectivity index (χ4n) is 2.14. The molecule has 1 aliphatic rings. The summed E-state index contributed by atoms with van der Waals surface area (Å²) in [4.78, 5) is 0. The van der Waals surface area contributed by atoms with Crippen molar-refractivity contribution in [2.24, 2.45) is 5.92 Å². The second-order valence-corrected chi connectivity index (χ2v) is 4.85. The third kappa shape index (κ3) is 3.91. The standard InChI is InChI=1S/C13H16F3NO/c1-9-6-11(7-9)17-8-10-2-4-12(5-3-10)18-13(14,15)16/h2-5,9,11,17H,6-8H2,1H3. The Kier molecular flexibility index (Phi) is 3.80. The quantitative estimate of drug-likeness (QED) is 0.894. The van der Waals surface area contributed by atoms with Gasteiger partial charge in [-0.2, -0.15) is 0 Å². The minimum Gasteiger partial charge on any atom is -0.406 e. The van der Waals surface area contributed by atoms with Gasteiger partial charge in [0.2, 0.25) is 0 Å². The van der Waals surface area contributed by atoms with Crippen LogP contribution in [0.15, 0.2) is 24.3 Å². The van der Waals surface area contributed by atoms with Crippen LogP contribution in [0.1, 0.15) is 25.3 Å². The summed E-state index contributed by atoms with van der Waals surface area (Å²) in [5.41, 5.74) is 0.962. The first-order chi connectivity index (χ1) is 8.42. The molecular formula is C13H16F3NO. The highest BCUT2D eigenvalue weighted by Gasteiger charge is 2.31. The predicted molar refractivity (Wildman–Crippen MR) is 62.2 cm³/mol. The summed E-state index contributed by atoms with van der Waals surface area (Å²) in [6.45, 7) is 2.89. The summed E-state index contributed by atoms with van der Waals surface area (Å²) in [5, 5.41) is 3.37. The van der Waals surface area contributed by atoms with E-state index in [-0.39, 0.29) is 5.75 Å². The van der Waals surface area contributed by atoms with E-state index < -0.39 is 6.36 Å². The minimum atomic E-state index is -4.62. The smallest absolute Gasteiger partial charge is 0.406 e. The van der Waals surface area contributed by atoms with Gasteiger partial charge in [-0.15, -0.1) is 13.2 Å². The topological polar surface area (TPSA) is 21.3 Å². The Morgan fingerprint density at radius 1 is 1.22 bits per heavy atom. The molecule has 1 fully saturated rings. The first-order valence-electron chi connectivity index (χ1n) is 6.00. The Morgan fingerprint density at radius 3 is 2.33 bits per heavy atom. The maximum atomic E-state index is 12.0. The summed E-state index contributed by atoms with van der Waals surface area (Å²) in [6.07, 6.45) is -2.27. The summed E-state index contributed by atoms with van der Waals surface area (Å²) in [5.74, 6) is 0.605. The highest BCUT2D eigenvalue weighted by atomic mass is 19.4. The zero-order valence-electron chi connectivity index (χ0n) is 10.1. The number of nitrogens with one attached hydrogen (secondary N) is 1. The van der Waals surface area contributed by atoms with Crippen molar-refractivity contribution in [3.8, 4) is 5.75 Å². The molecular weight excluding hydrogens is 243 g/mol. The van der Waals surface area contributed by atoms with Crippen LogP contribution in [-0.4, -0.2) is 12.4 Å². The Morgan fingerprint density at radius 2 is 1.83 bits per heavy atom. The fraction of sp³-hybridized carbons (Fsp3) is 0.538. The van der Waals surface area contributed by atoms with E-state index in [9.17, 15) is 13.2 Å². The van der Waals surface area contributed by atoms with E-state index >= 15 is 0 Å². The Balaban J connectivity index is 1.80. The van der Waals surface area contributed by atoms with E-state index in [4.69, 9.17) is 0 Å². The van der Waals surface area contributed by atoms with Crippen LogP contribution in [0.5, 0.6) is 5.75 Å². The molecule has 0 bridgehead atoms. The van der Waals surface area contributed by atoms with Gasteiger partial charge < -0.3 is 10.1 Å². The molecule has 1 N–H and O–H groups in total. The van der Waals surface area contributed by atoms with E-state index in [0.29, 0.717) is 12.6 Å². The van der Waals surface area contributed by atoms with Crippen LogP contribution < -0.4 is 10.1 Å². The molecule has 1 aromatic rings. The zero-order valence-corrected chi connectivity index (χ0v) is 10.1. The second kappa shape index (κ2) is 5.18. The molecule has 18 heavy (non-hydrogen) atoms. The van der Waals surface area contributed by atoms with Gasteiger partial charge in [0, 0.05) is 12.6 Å². The van der Waals surface area contributed by atoms with Crippen LogP contribution in [-0.2, 0) is 6.54 Å². The van der Waals surface area contributed by atoms with E-state index in [0.717, 1.165) is 11.5 Å².